The van der Waals surface area contributed by atoms with Crippen LogP contribution in [0.5, 0.6) is 0 Å². The largest absolute Gasteiger partial charge is 0.416 e. The number of carbonyl (C=O) groups is 2. The fourth-order valence-electron chi connectivity index (χ4n) is 5.25. The zero-order chi connectivity index (χ0) is 25.2. The van der Waals surface area contributed by atoms with Crippen LogP contribution >= 0.6 is 0 Å². The molecule has 0 atom stereocenters. The maximum absolute atomic E-state index is 13.1. The minimum absolute atomic E-state index is 0.0109. The van der Waals surface area contributed by atoms with Gasteiger partial charge in [0.1, 0.15) is 12.1 Å². The fourth-order valence-corrected chi connectivity index (χ4v) is 5.25. The van der Waals surface area contributed by atoms with Crippen molar-refractivity contribution in [2.24, 2.45) is 5.92 Å². The lowest BCUT2D eigenvalue weighted by Gasteiger charge is -2.47. The summed E-state index contributed by atoms with van der Waals surface area (Å²) >= 11 is 0. The number of anilines is 1. The van der Waals surface area contributed by atoms with Gasteiger partial charge in [-0.2, -0.15) is 13.2 Å². The van der Waals surface area contributed by atoms with Crippen molar-refractivity contribution in [1.82, 2.24) is 19.8 Å². The predicted molar refractivity (Wildman–Crippen MR) is 127 cm³/mol. The van der Waals surface area contributed by atoms with Gasteiger partial charge in [-0.25, -0.2) is 9.97 Å². The molecule has 1 saturated heterocycles. The van der Waals surface area contributed by atoms with Crippen LogP contribution in [0.3, 0.4) is 0 Å². The number of Topliss-reactive ketones (excluding diaryl/α,β-unsaturated/α-hetero) is 1. The smallest absolute Gasteiger partial charge is 0.362 e. The number of benzene rings is 1. The molecular formula is C25H32F3N5O2. The second kappa shape index (κ2) is 10.5. The predicted octanol–water partition coefficient (Wildman–Crippen LogP) is 4.13. The Kier molecular flexibility index (Phi) is 7.59. The Balaban J connectivity index is 1.23. The SMILES string of the molecule is CCC(=O)N(C)C1CCC(N2CC(CC(=O)CNc3ncnc4ccc(C(F)(F)F)cc34)C2)CC1. The summed E-state index contributed by atoms with van der Waals surface area (Å²) in [7, 11) is 1.90. The average molecular weight is 492 g/mol. The Labute approximate surface area is 203 Å². The monoisotopic (exact) mass is 491 g/mol. The van der Waals surface area contributed by atoms with Crippen molar-refractivity contribution in [2.45, 2.75) is 63.7 Å². The number of ketones is 1. The highest BCUT2D eigenvalue weighted by atomic mass is 19.4. The van der Waals surface area contributed by atoms with Crippen LogP contribution in [0.2, 0.25) is 0 Å². The molecule has 35 heavy (non-hydrogen) atoms. The number of amides is 1. The molecule has 7 nitrogen and oxygen atoms in total. The summed E-state index contributed by atoms with van der Waals surface area (Å²) in [6.45, 7) is 3.68. The van der Waals surface area contributed by atoms with E-state index in [0.717, 1.165) is 50.9 Å². The molecule has 0 spiro atoms. The number of aromatic nitrogens is 2. The van der Waals surface area contributed by atoms with Crippen LogP contribution in [-0.2, 0) is 15.8 Å². The van der Waals surface area contributed by atoms with E-state index in [9.17, 15) is 22.8 Å². The van der Waals surface area contributed by atoms with Gasteiger partial charge in [0, 0.05) is 50.4 Å². The van der Waals surface area contributed by atoms with Crippen LogP contribution in [0.25, 0.3) is 10.9 Å². The van der Waals surface area contributed by atoms with Gasteiger partial charge in [-0.15, -0.1) is 0 Å². The van der Waals surface area contributed by atoms with E-state index in [-0.39, 0.29) is 29.4 Å². The molecule has 190 valence electrons. The van der Waals surface area contributed by atoms with Crippen LogP contribution in [0.1, 0.15) is 51.0 Å². The number of hydrogen-bond acceptors (Lipinski definition) is 6. The van der Waals surface area contributed by atoms with E-state index in [1.165, 1.54) is 12.4 Å². The summed E-state index contributed by atoms with van der Waals surface area (Å²) in [6.07, 6.45) is 1.94. The van der Waals surface area contributed by atoms with E-state index in [1.54, 1.807) is 0 Å². The second-order valence-electron chi connectivity index (χ2n) is 9.69. The third kappa shape index (κ3) is 5.91. The van der Waals surface area contributed by atoms with Crippen LogP contribution in [0.15, 0.2) is 24.5 Å². The molecule has 1 N–H and O–H groups in total. The van der Waals surface area contributed by atoms with Gasteiger partial charge < -0.3 is 10.2 Å². The Morgan fingerprint density at radius 3 is 2.51 bits per heavy atom. The van der Waals surface area contributed by atoms with Crippen molar-refractivity contribution in [3.63, 3.8) is 0 Å². The van der Waals surface area contributed by atoms with Gasteiger partial charge in [-0.1, -0.05) is 6.92 Å². The zero-order valence-corrected chi connectivity index (χ0v) is 20.1. The molecule has 1 aliphatic heterocycles. The van der Waals surface area contributed by atoms with E-state index in [4.69, 9.17) is 0 Å². The Morgan fingerprint density at radius 1 is 1.14 bits per heavy atom. The number of fused-ring (bicyclic) bond motifs is 1. The van der Waals surface area contributed by atoms with E-state index >= 15 is 0 Å². The van der Waals surface area contributed by atoms with Crippen molar-refractivity contribution < 1.29 is 22.8 Å². The number of rotatable bonds is 8. The normalized spacial score (nSPS) is 21.5. The van der Waals surface area contributed by atoms with E-state index < -0.39 is 11.7 Å². The number of carbonyl (C=O) groups excluding carboxylic acids is 2. The molecule has 2 fully saturated rings. The van der Waals surface area contributed by atoms with Gasteiger partial charge in [0.25, 0.3) is 0 Å². The van der Waals surface area contributed by atoms with Crippen LogP contribution in [0.4, 0.5) is 19.0 Å². The van der Waals surface area contributed by atoms with Gasteiger partial charge in [-0.05, 0) is 49.8 Å². The lowest BCUT2D eigenvalue weighted by molar-refractivity contribution is -0.137. The summed E-state index contributed by atoms with van der Waals surface area (Å²) in [5, 5.41) is 3.15. The number of nitrogens with zero attached hydrogens (tertiary/aromatic N) is 4. The van der Waals surface area contributed by atoms with E-state index in [1.807, 2.05) is 18.9 Å². The fraction of sp³-hybridized carbons (Fsp3) is 0.600. The summed E-state index contributed by atoms with van der Waals surface area (Å²) < 4.78 is 39.2. The molecule has 2 aromatic rings. The molecule has 1 saturated carbocycles. The number of hydrogen-bond donors (Lipinski definition) is 1. The standard InChI is InChI=1S/C25H32F3N5O2/c1-3-23(35)32(2)18-5-7-19(8-6-18)33-13-16(14-33)10-20(34)12-29-24-21-11-17(25(26,27)28)4-9-22(21)30-15-31-24/h4,9,11,15-16,18-19H,3,5-8,10,12-14H2,1-2H3,(H,29,30,31). The minimum Gasteiger partial charge on any atom is -0.362 e. The van der Waals surface area contributed by atoms with Crippen molar-refractivity contribution >= 4 is 28.4 Å². The highest BCUT2D eigenvalue weighted by Crippen LogP contribution is 2.33. The van der Waals surface area contributed by atoms with Crippen LogP contribution in [-0.4, -0.2) is 70.2 Å². The first-order valence-corrected chi connectivity index (χ1v) is 12.2. The van der Waals surface area contributed by atoms with Gasteiger partial charge in [0.05, 0.1) is 17.6 Å². The molecule has 10 heteroatoms. The first-order chi connectivity index (χ1) is 16.7. The molecular weight excluding hydrogens is 459 g/mol. The molecule has 0 bridgehead atoms. The maximum atomic E-state index is 13.1. The third-order valence-electron chi connectivity index (χ3n) is 7.34. The summed E-state index contributed by atoms with van der Waals surface area (Å²) in [6, 6.07) is 4.14. The van der Waals surface area contributed by atoms with Crippen molar-refractivity contribution in [1.29, 1.82) is 0 Å². The molecule has 0 unspecified atom stereocenters. The third-order valence-corrected chi connectivity index (χ3v) is 7.34. The quantitative estimate of drug-likeness (QED) is 0.598. The molecule has 2 aliphatic rings. The highest BCUT2D eigenvalue weighted by molar-refractivity contribution is 5.91. The van der Waals surface area contributed by atoms with Gasteiger partial charge in [0.15, 0.2) is 5.78 Å². The number of nitrogens with one attached hydrogen (secondary N) is 1. The maximum Gasteiger partial charge on any atom is 0.416 e. The number of halogens is 3. The lowest BCUT2D eigenvalue weighted by atomic mass is 9.84. The summed E-state index contributed by atoms with van der Waals surface area (Å²) in [5.74, 6) is 0.732. The first-order valence-electron chi connectivity index (χ1n) is 12.2. The van der Waals surface area contributed by atoms with E-state index in [0.29, 0.717) is 36.4 Å². The van der Waals surface area contributed by atoms with Gasteiger partial charge in [-0.3, -0.25) is 14.5 Å². The second-order valence-corrected chi connectivity index (χ2v) is 9.69. The average Bonchev–Trinajstić information content (AvgIpc) is 2.83. The molecule has 1 aliphatic carbocycles. The first kappa shape index (κ1) is 25.3. The molecule has 2 heterocycles. The minimum atomic E-state index is -4.46. The zero-order valence-electron chi connectivity index (χ0n) is 20.1. The molecule has 0 radical (unpaired) electrons. The van der Waals surface area contributed by atoms with Crippen LogP contribution in [0, 0.1) is 5.92 Å². The van der Waals surface area contributed by atoms with Crippen molar-refractivity contribution in [3.05, 3.63) is 30.1 Å². The van der Waals surface area contributed by atoms with Crippen molar-refractivity contribution in [3.8, 4) is 0 Å². The summed E-state index contributed by atoms with van der Waals surface area (Å²) in [5.41, 5.74) is -0.390. The molecule has 4 rings (SSSR count). The Hall–Kier alpha value is -2.75. The molecule has 1 aromatic carbocycles. The topological polar surface area (TPSA) is 78.4 Å². The van der Waals surface area contributed by atoms with E-state index in [2.05, 4.69) is 20.2 Å². The number of alkyl halides is 3. The lowest BCUT2D eigenvalue weighted by Crippen LogP contribution is -2.54. The van der Waals surface area contributed by atoms with Gasteiger partial charge >= 0.3 is 6.18 Å². The molecule has 1 aromatic heterocycles. The number of likely N-dealkylation sites (tertiary alicyclic amines) is 1. The van der Waals surface area contributed by atoms with Crippen LogP contribution < -0.4 is 5.32 Å². The molecule has 1 amide bonds. The highest BCUT2D eigenvalue weighted by Gasteiger charge is 2.36. The Morgan fingerprint density at radius 2 is 1.86 bits per heavy atom. The van der Waals surface area contributed by atoms with Crippen molar-refractivity contribution in [2.75, 3.05) is 32.0 Å². The van der Waals surface area contributed by atoms with Gasteiger partial charge in [0.2, 0.25) is 5.91 Å². The summed E-state index contributed by atoms with van der Waals surface area (Å²) in [4.78, 5) is 36.8. The Bertz CT molecular complexity index is 1060.